The van der Waals surface area contributed by atoms with Gasteiger partial charge in [-0.2, -0.15) is 0 Å². The van der Waals surface area contributed by atoms with Crippen LogP contribution in [0.25, 0.3) is 11.4 Å². The monoisotopic (exact) mass is 451 g/mol. The second kappa shape index (κ2) is 10.1. The molecule has 0 aliphatic heterocycles. The van der Waals surface area contributed by atoms with Crippen LogP contribution in [-0.4, -0.2) is 33.1 Å². The lowest BCUT2D eigenvalue weighted by Gasteiger charge is -2.20. The number of carbonyl (C=O) groups is 1. The lowest BCUT2D eigenvalue weighted by molar-refractivity contribution is -0.119. The summed E-state index contributed by atoms with van der Waals surface area (Å²) in [6, 6.07) is 14.0. The Hall–Kier alpha value is -3.00. The smallest absolute Gasteiger partial charge is 0.230 e. The normalized spacial score (nSPS) is 13.9. The van der Waals surface area contributed by atoms with Gasteiger partial charge in [-0.25, -0.2) is 4.68 Å². The van der Waals surface area contributed by atoms with E-state index in [1.807, 2.05) is 38.1 Å². The van der Waals surface area contributed by atoms with Crippen molar-refractivity contribution >= 4 is 17.7 Å². The minimum atomic E-state index is -0.0640. The molecule has 1 heterocycles. The molecule has 0 bridgehead atoms. The van der Waals surface area contributed by atoms with E-state index < -0.39 is 0 Å². The molecule has 1 atom stereocenters. The number of nitrogen functional groups attached to an aromatic ring is 1. The fraction of sp³-hybridized carbons (Fsp3) is 0.375. The van der Waals surface area contributed by atoms with Gasteiger partial charge in [-0.05, 0) is 80.5 Å². The van der Waals surface area contributed by atoms with Crippen LogP contribution in [-0.2, 0) is 17.6 Å². The van der Waals surface area contributed by atoms with E-state index in [0.29, 0.717) is 17.6 Å². The van der Waals surface area contributed by atoms with E-state index >= 15 is 0 Å². The molecule has 0 saturated heterocycles. The molecule has 1 amide bonds. The number of rotatable bonds is 8. The van der Waals surface area contributed by atoms with Gasteiger partial charge >= 0.3 is 0 Å². The quantitative estimate of drug-likeness (QED) is 0.398. The van der Waals surface area contributed by atoms with E-state index in [4.69, 9.17) is 10.6 Å². The van der Waals surface area contributed by atoms with Gasteiger partial charge in [0, 0.05) is 5.56 Å². The molecule has 1 unspecified atom stereocenters. The molecule has 0 spiro atoms. The average Bonchev–Trinajstić information content (AvgIpc) is 3.18. The van der Waals surface area contributed by atoms with Crippen LogP contribution in [0.1, 0.15) is 49.4 Å². The molecule has 0 fully saturated rings. The molecule has 1 aromatic heterocycles. The van der Waals surface area contributed by atoms with Crippen molar-refractivity contribution in [2.75, 3.05) is 18.2 Å². The third-order valence-corrected chi connectivity index (χ3v) is 6.61. The lowest BCUT2D eigenvalue weighted by atomic mass is 9.89. The Morgan fingerprint density at radius 2 is 1.91 bits per heavy atom. The van der Waals surface area contributed by atoms with Crippen LogP contribution in [0.4, 0.5) is 0 Å². The molecule has 1 aliphatic carbocycles. The Kier molecular flexibility index (Phi) is 6.99. The summed E-state index contributed by atoms with van der Waals surface area (Å²) in [6.45, 7) is 4.57. The number of nitrogens with two attached hydrogens (primary N) is 1. The number of carbonyl (C=O) groups excluding carboxylic acids is 1. The Bertz CT molecular complexity index is 1080. The predicted octanol–water partition coefficient (Wildman–Crippen LogP) is 3.91. The van der Waals surface area contributed by atoms with Crippen molar-refractivity contribution < 1.29 is 9.53 Å². The Morgan fingerprint density at radius 1 is 1.16 bits per heavy atom. The zero-order valence-corrected chi connectivity index (χ0v) is 19.3. The number of hydrogen-bond acceptors (Lipinski definition) is 6. The van der Waals surface area contributed by atoms with Gasteiger partial charge in [-0.3, -0.25) is 4.79 Å². The maximum atomic E-state index is 12.5. The van der Waals surface area contributed by atoms with Gasteiger partial charge in [-0.15, -0.1) is 10.2 Å². The third kappa shape index (κ3) is 5.07. The zero-order valence-electron chi connectivity index (χ0n) is 18.5. The zero-order chi connectivity index (χ0) is 22.5. The Labute approximate surface area is 192 Å². The number of nitrogens with one attached hydrogen (secondary N) is 1. The summed E-state index contributed by atoms with van der Waals surface area (Å²) >= 11 is 1.27. The van der Waals surface area contributed by atoms with Gasteiger partial charge < -0.3 is 15.9 Å². The first-order valence-electron chi connectivity index (χ1n) is 11.0. The molecule has 32 heavy (non-hydrogen) atoms. The second-order valence-corrected chi connectivity index (χ2v) is 8.89. The van der Waals surface area contributed by atoms with Gasteiger partial charge in [0.25, 0.3) is 0 Å². The highest BCUT2D eigenvalue weighted by atomic mass is 32.2. The molecule has 7 nitrogen and oxygen atoms in total. The van der Waals surface area contributed by atoms with Crippen LogP contribution in [0.5, 0.6) is 5.75 Å². The summed E-state index contributed by atoms with van der Waals surface area (Å²) in [5, 5.41) is 11.9. The number of aromatic nitrogens is 3. The summed E-state index contributed by atoms with van der Waals surface area (Å²) in [4.78, 5) is 12.5. The Morgan fingerprint density at radius 3 is 2.66 bits per heavy atom. The number of amides is 1. The van der Waals surface area contributed by atoms with Crippen LogP contribution in [0.2, 0.25) is 0 Å². The van der Waals surface area contributed by atoms with Gasteiger partial charge in [0.15, 0.2) is 5.82 Å². The first kappa shape index (κ1) is 22.2. The number of benzene rings is 2. The van der Waals surface area contributed by atoms with Gasteiger partial charge in [0.05, 0.1) is 18.4 Å². The highest BCUT2D eigenvalue weighted by Gasteiger charge is 2.17. The topological polar surface area (TPSA) is 95.1 Å². The summed E-state index contributed by atoms with van der Waals surface area (Å²) < 4.78 is 6.88. The van der Waals surface area contributed by atoms with Crippen LogP contribution < -0.4 is 15.9 Å². The molecular formula is C24H29N5O2S. The standard InChI is InChI=1S/C24H29N5O2S/c1-3-31-21-12-10-18(11-13-21)23-27-28-24(29(23)25)32-15-22(30)26-16(2)19-9-8-17-6-4-5-7-20(17)14-19/h8-14,16H,3-7,15,25H2,1-2H3,(H,26,30). The van der Waals surface area contributed by atoms with Crippen molar-refractivity contribution in [3.8, 4) is 17.1 Å². The van der Waals surface area contributed by atoms with Gasteiger partial charge in [0.2, 0.25) is 11.1 Å². The van der Waals surface area contributed by atoms with Crippen molar-refractivity contribution in [3.63, 3.8) is 0 Å². The highest BCUT2D eigenvalue weighted by molar-refractivity contribution is 7.99. The Balaban J connectivity index is 1.34. The lowest BCUT2D eigenvalue weighted by Crippen LogP contribution is -2.28. The van der Waals surface area contributed by atoms with E-state index in [-0.39, 0.29) is 17.7 Å². The first-order valence-corrected chi connectivity index (χ1v) is 12.0. The van der Waals surface area contributed by atoms with Crippen molar-refractivity contribution in [1.82, 2.24) is 20.2 Å². The van der Waals surface area contributed by atoms with Crippen LogP contribution >= 0.6 is 11.8 Å². The minimum Gasteiger partial charge on any atom is -0.494 e. The first-order chi connectivity index (χ1) is 15.5. The SMILES string of the molecule is CCOc1ccc(-c2nnc(SCC(=O)NC(C)c3ccc4c(c3)CCCC4)n2N)cc1. The maximum Gasteiger partial charge on any atom is 0.230 e. The third-order valence-electron chi connectivity index (χ3n) is 5.67. The maximum absolute atomic E-state index is 12.5. The number of nitrogens with zero attached hydrogens (tertiary/aromatic N) is 3. The van der Waals surface area contributed by atoms with Crippen molar-refractivity contribution in [2.24, 2.45) is 0 Å². The summed E-state index contributed by atoms with van der Waals surface area (Å²) in [5.74, 6) is 7.67. The van der Waals surface area contributed by atoms with E-state index in [2.05, 4.69) is 33.7 Å². The van der Waals surface area contributed by atoms with Crippen LogP contribution in [0.3, 0.4) is 0 Å². The molecule has 2 aromatic carbocycles. The number of aryl methyl sites for hydroxylation is 2. The van der Waals surface area contributed by atoms with E-state index in [1.165, 1.54) is 40.4 Å². The van der Waals surface area contributed by atoms with Crippen molar-refractivity contribution in [1.29, 1.82) is 0 Å². The number of hydrogen-bond donors (Lipinski definition) is 2. The summed E-state index contributed by atoms with van der Waals surface area (Å²) in [7, 11) is 0. The second-order valence-electron chi connectivity index (χ2n) is 7.95. The van der Waals surface area contributed by atoms with Crippen molar-refractivity contribution in [2.45, 2.75) is 50.7 Å². The molecule has 3 aromatic rings. The van der Waals surface area contributed by atoms with Gasteiger partial charge in [0.1, 0.15) is 5.75 Å². The van der Waals surface area contributed by atoms with Crippen molar-refractivity contribution in [3.05, 3.63) is 59.2 Å². The number of ether oxygens (including phenoxy) is 1. The molecule has 4 rings (SSSR count). The number of thioether (sulfide) groups is 1. The van der Waals surface area contributed by atoms with E-state index in [9.17, 15) is 4.79 Å². The minimum absolute atomic E-state index is 0.0505. The molecular weight excluding hydrogens is 422 g/mol. The number of fused-ring (bicyclic) bond motifs is 1. The largest absolute Gasteiger partial charge is 0.494 e. The highest BCUT2D eigenvalue weighted by Crippen LogP contribution is 2.26. The molecule has 0 saturated carbocycles. The molecule has 168 valence electrons. The molecule has 8 heteroatoms. The van der Waals surface area contributed by atoms with Crippen LogP contribution in [0.15, 0.2) is 47.6 Å². The predicted molar refractivity (Wildman–Crippen MR) is 127 cm³/mol. The molecule has 0 radical (unpaired) electrons. The van der Waals surface area contributed by atoms with E-state index in [0.717, 1.165) is 29.7 Å². The van der Waals surface area contributed by atoms with Gasteiger partial charge in [-0.1, -0.05) is 30.0 Å². The van der Waals surface area contributed by atoms with Crippen LogP contribution in [0, 0.1) is 0 Å². The molecule has 3 N–H and O–H groups in total. The fourth-order valence-corrected chi connectivity index (χ4v) is 4.63. The summed E-state index contributed by atoms with van der Waals surface area (Å²) in [5.41, 5.74) is 4.84. The fourth-order valence-electron chi connectivity index (χ4n) is 3.96. The van der Waals surface area contributed by atoms with E-state index in [1.54, 1.807) is 0 Å². The average molecular weight is 452 g/mol. The molecule has 1 aliphatic rings. The summed E-state index contributed by atoms with van der Waals surface area (Å²) in [6.07, 6.45) is 4.79.